The van der Waals surface area contributed by atoms with Crippen LogP contribution in [-0.2, 0) is 13.0 Å². The first kappa shape index (κ1) is 16.9. The summed E-state index contributed by atoms with van der Waals surface area (Å²) in [6, 6.07) is 18.9. The van der Waals surface area contributed by atoms with E-state index in [0.717, 1.165) is 18.8 Å². The predicted octanol–water partition coefficient (Wildman–Crippen LogP) is 4.19. The average molecular weight is 336 g/mol. The van der Waals surface area contributed by atoms with Gasteiger partial charge in [0.25, 0.3) is 0 Å². The Morgan fingerprint density at radius 3 is 2.32 bits per heavy atom. The molecule has 0 unspecified atom stereocenters. The summed E-state index contributed by atoms with van der Waals surface area (Å²) in [5.41, 5.74) is 1.89. The molecule has 2 N–H and O–H groups in total. The molecule has 3 rings (SSSR count). The summed E-state index contributed by atoms with van der Waals surface area (Å²) in [6.07, 6.45) is 0.919. The van der Waals surface area contributed by atoms with E-state index in [-0.39, 0.29) is 5.82 Å². The zero-order valence-corrected chi connectivity index (χ0v) is 14.2. The summed E-state index contributed by atoms with van der Waals surface area (Å²) in [5.74, 6) is 1.89. The Morgan fingerprint density at radius 1 is 0.880 bits per heavy atom. The maximum absolute atomic E-state index is 13.7. The lowest BCUT2D eigenvalue weighted by Crippen LogP contribution is -2.09. The highest BCUT2D eigenvalue weighted by Gasteiger charge is 2.04. The van der Waals surface area contributed by atoms with Crippen molar-refractivity contribution in [1.29, 1.82) is 0 Å². The SMILES string of the molecule is Cc1nc(NCCc2ccccc2)cc(NCc2ccccc2F)n1. The molecule has 0 bridgehead atoms. The molecule has 0 aliphatic rings. The van der Waals surface area contributed by atoms with Crippen LogP contribution in [0.15, 0.2) is 60.7 Å². The van der Waals surface area contributed by atoms with Gasteiger partial charge in [0.15, 0.2) is 0 Å². The van der Waals surface area contributed by atoms with E-state index in [0.29, 0.717) is 23.8 Å². The van der Waals surface area contributed by atoms with Crippen molar-refractivity contribution in [3.05, 3.63) is 83.4 Å². The van der Waals surface area contributed by atoms with Crippen LogP contribution in [0.25, 0.3) is 0 Å². The van der Waals surface area contributed by atoms with Gasteiger partial charge in [-0.3, -0.25) is 0 Å². The van der Waals surface area contributed by atoms with Crippen LogP contribution in [0.5, 0.6) is 0 Å². The molecule has 0 aliphatic carbocycles. The Hall–Kier alpha value is -2.95. The largest absolute Gasteiger partial charge is 0.370 e. The number of nitrogens with one attached hydrogen (secondary N) is 2. The van der Waals surface area contributed by atoms with Gasteiger partial charge < -0.3 is 10.6 Å². The molecule has 0 saturated carbocycles. The van der Waals surface area contributed by atoms with E-state index in [4.69, 9.17) is 0 Å². The van der Waals surface area contributed by atoms with Crippen LogP contribution in [-0.4, -0.2) is 16.5 Å². The van der Waals surface area contributed by atoms with Gasteiger partial charge in [-0.05, 0) is 25.0 Å². The number of rotatable bonds is 7. The molecule has 0 saturated heterocycles. The van der Waals surface area contributed by atoms with E-state index in [1.54, 1.807) is 12.1 Å². The van der Waals surface area contributed by atoms with E-state index in [2.05, 4.69) is 32.7 Å². The molecular formula is C20H21FN4. The van der Waals surface area contributed by atoms with Gasteiger partial charge in [-0.25, -0.2) is 14.4 Å². The van der Waals surface area contributed by atoms with Crippen LogP contribution in [0.1, 0.15) is 17.0 Å². The minimum atomic E-state index is -0.220. The molecule has 0 radical (unpaired) electrons. The van der Waals surface area contributed by atoms with Crippen molar-refractivity contribution in [3.8, 4) is 0 Å². The standard InChI is InChI=1S/C20H21FN4/c1-15-24-19(22-12-11-16-7-3-2-4-8-16)13-20(25-15)23-14-17-9-5-6-10-18(17)21/h2-10,13H,11-12,14H2,1H3,(H2,22,23,24,25). The second-order valence-electron chi connectivity index (χ2n) is 5.79. The Kier molecular flexibility index (Phi) is 5.57. The quantitative estimate of drug-likeness (QED) is 0.679. The number of benzene rings is 2. The number of halogens is 1. The summed E-state index contributed by atoms with van der Waals surface area (Å²) in [4.78, 5) is 8.76. The minimum absolute atomic E-state index is 0.220. The zero-order chi connectivity index (χ0) is 17.5. The number of anilines is 2. The van der Waals surface area contributed by atoms with Crippen molar-refractivity contribution in [3.63, 3.8) is 0 Å². The third kappa shape index (κ3) is 5.01. The molecule has 0 fully saturated rings. The first-order chi connectivity index (χ1) is 12.2. The topological polar surface area (TPSA) is 49.8 Å². The van der Waals surface area contributed by atoms with Gasteiger partial charge >= 0.3 is 0 Å². The Balaban J connectivity index is 1.59. The monoisotopic (exact) mass is 336 g/mol. The van der Waals surface area contributed by atoms with Crippen LogP contribution in [0, 0.1) is 12.7 Å². The van der Waals surface area contributed by atoms with Gasteiger partial charge in [-0.2, -0.15) is 0 Å². The van der Waals surface area contributed by atoms with E-state index in [1.807, 2.05) is 37.3 Å². The van der Waals surface area contributed by atoms with Gasteiger partial charge in [0, 0.05) is 24.7 Å². The Bertz CT molecular complexity index is 821. The maximum atomic E-state index is 13.7. The van der Waals surface area contributed by atoms with Gasteiger partial charge in [0.05, 0.1) is 0 Å². The van der Waals surface area contributed by atoms with Crippen molar-refractivity contribution < 1.29 is 4.39 Å². The number of aryl methyl sites for hydroxylation is 1. The van der Waals surface area contributed by atoms with Gasteiger partial charge in [-0.1, -0.05) is 48.5 Å². The molecule has 1 aromatic heterocycles. The first-order valence-electron chi connectivity index (χ1n) is 8.31. The van der Waals surface area contributed by atoms with Crippen LogP contribution in [0.4, 0.5) is 16.0 Å². The molecule has 4 nitrogen and oxygen atoms in total. The zero-order valence-electron chi connectivity index (χ0n) is 14.2. The predicted molar refractivity (Wildman–Crippen MR) is 99.1 cm³/mol. The van der Waals surface area contributed by atoms with Crippen molar-refractivity contribution in [2.24, 2.45) is 0 Å². The molecule has 0 atom stereocenters. The number of hydrogen-bond acceptors (Lipinski definition) is 4. The molecule has 3 aromatic rings. The van der Waals surface area contributed by atoms with E-state index >= 15 is 0 Å². The molecular weight excluding hydrogens is 315 g/mol. The van der Waals surface area contributed by atoms with Gasteiger partial charge in [0.1, 0.15) is 23.3 Å². The number of aromatic nitrogens is 2. The fourth-order valence-electron chi connectivity index (χ4n) is 2.56. The lowest BCUT2D eigenvalue weighted by atomic mass is 10.1. The Labute approximate surface area is 147 Å². The van der Waals surface area contributed by atoms with Gasteiger partial charge in [-0.15, -0.1) is 0 Å². The highest BCUT2D eigenvalue weighted by molar-refractivity contribution is 5.48. The first-order valence-corrected chi connectivity index (χ1v) is 8.31. The van der Waals surface area contributed by atoms with Crippen molar-refractivity contribution in [2.75, 3.05) is 17.2 Å². The second-order valence-corrected chi connectivity index (χ2v) is 5.79. The lowest BCUT2D eigenvalue weighted by Gasteiger charge is -2.11. The maximum Gasteiger partial charge on any atom is 0.132 e. The van der Waals surface area contributed by atoms with Crippen molar-refractivity contribution in [2.45, 2.75) is 19.9 Å². The molecule has 0 aliphatic heterocycles. The summed E-state index contributed by atoms with van der Waals surface area (Å²) in [7, 11) is 0. The number of hydrogen-bond donors (Lipinski definition) is 2. The van der Waals surface area contributed by atoms with E-state index < -0.39 is 0 Å². The summed E-state index contributed by atoms with van der Waals surface area (Å²) < 4.78 is 13.7. The summed E-state index contributed by atoms with van der Waals surface area (Å²) in [5, 5.41) is 6.48. The van der Waals surface area contributed by atoms with Gasteiger partial charge in [0.2, 0.25) is 0 Å². The second kappa shape index (κ2) is 8.24. The number of nitrogens with zero attached hydrogens (tertiary/aromatic N) is 2. The molecule has 2 aromatic carbocycles. The van der Waals surface area contributed by atoms with Crippen LogP contribution < -0.4 is 10.6 Å². The van der Waals surface area contributed by atoms with Crippen molar-refractivity contribution in [1.82, 2.24) is 9.97 Å². The summed E-state index contributed by atoms with van der Waals surface area (Å²) in [6.45, 7) is 3.01. The van der Waals surface area contributed by atoms with Crippen molar-refractivity contribution >= 4 is 11.6 Å². The van der Waals surface area contributed by atoms with Crippen LogP contribution in [0.3, 0.4) is 0 Å². The lowest BCUT2D eigenvalue weighted by molar-refractivity contribution is 0.613. The fourth-order valence-corrected chi connectivity index (χ4v) is 2.56. The smallest absolute Gasteiger partial charge is 0.132 e. The highest BCUT2D eigenvalue weighted by Crippen LogP contribution is 2.14. The molecule has 0 spiro atoms. The molecule has 0 amide bonds. The average Bonchev–Trinajstić information content (AvgIpc) is 2.62. The van der Waals surface area contributed by atoms with Crippen LogP contribution in [0.2, 0.25) is 0 Å². The fraction of sp³-hybridized carbons (Fsp3) is 0.200. The minimum Gasteiger partial charge on any atom is -0.370 e. The third-order valence-corrected chi connectivity index (χ3v) is 3.82. The van der Waals surface area contributed by atoms with E-state index in [9.17, 15) is 4.39 Å². The van der Waals surface area contributed by atoms with E-state index in [1.165, 1.54) is 11.6 Å². The Morgan fingerprint density at radius 2 is 1.56 bits per heavy atom. The third-order valence-electron chi connectivity index (χ3n) is 3.82. The molecule has 1 heterocycles. The summed E-state index contributed by atoms with van der Waals surface area (Å²) >= 11 is 0. The normalized spacial score (nSPS) is 10.5. The molecule has 25 heavy (non-hydrogen) atoms. The highest BCUT2D eigenvalue weighted by atomic mass is 19.1. The molecule has 128 valence electrons. The molecule has 5 heteroatoms. The van der Waals surface area contributed by atoms with Crippen LogP contribution >= 0.6 is 0 Å².